The maximum Gasteiger partial charge on any atom is 0.336 e. The Kier molecular flexibility index (Phi) is 4.93. The second kappa shape index (κ2) is 7.15. The Hall–Kier alpha value is -2.89. The maximum absolute atomic E-state index is 12.7. The van der Waals surface area contributed by atoms with Crippen LogP contribution in [-0.4, -0.2) is 24.8 Å². The van der Waals surface area contributed by atoms with Crippen LogP contribution in [0.3, 0.4) is 0 Å². The molecule has 2 atom stereocenters. The number of Topliss-reactive ketones (excluding diaryl/α,β-unsaturated/α-hetero) is 1. The number of allylic oxidation sites excluding steroid dienone is 3. The van der Waals surface area contributed by atoms with E-state index < -0.39 is 23.8 Å². The number of carbonyl (C=O) groups is 3. The molecule has 1 heterocycles. The van der Waals surface area contributed by atoms with Crippen LogP contribution in [0.2, 0.25) is 0 Å². The number of ketones is 1. The fourth-order valence-corrected chi connectivity index (χ4v) is 3.66. The average molecular weight is 355 g/mol. The molecule has 0 spiro atoms. The molecule has 2 aliphatic rings. The van der Waals surface area contributed by atoms with Crippen LogP contribution in [0.15, 0.2) is 47.3 Å². The van der Waals surface area contributed by atoms with Crippen LogP contribution in [-0.2, 0) is 19.1 Å². The number of rotatable bonds is 3. The predicted octanol–water partition coefficient (Wildman–Crippen LogP) is 2.61. The van der Waals surface area contributed by atoms with E-state index in [0.29, 0.717) is 29.9 Å². The van der Waals surface area contributed by atoms with Crippen molar-refractivity contribution in [2.24, 2.45) is 5.92 Å². The highest BCUT2D eigenvalue weighted by molar-refractivity contribution is 5.96. The van der Waals surface area contributed by atoms with Crippen molar-refractivity contribution in [2.45, 2.75) is 32.6 Å². The Morgan fingerprint density at radius 3 is 2.46 bits per heavy atom. The molecule has 0 saturated carbocycles. The number of benzene rings is 1. The van der Waals surface area contributed by atoms with Gasteiger partial charge in [0, 0.05) is 30.7 Å². The molecular weight excluding hydrogens is 334 g/mol. The van der Waals surface area contributed by atoms with Crippen LogP contribution in [0.4, 0.5) is 0 Å². The molecule has 2 unspecified atom stereocenters. The molecule has 0 amide bonds. The molecule has 0 saturated heterocycles. The first-order valence-electron chi connectivity index (χ1n) is 8.49. The molecule has 1 aliphatic carbocycles. The summed E-state index contributed by atoms with van der Waals surface area (Å²) in [6, 6.07) is 6.90. The third-order valence-corrected chi connectivity index (χ3v) is 4.72. The molecule has 1 aliphatic heterocycles. The lowest BCUT2D eigenvalue weighted by Gasteiger charge is -2.37. The third-order valence-electron chi connectivity index (χ3n) is 4.72. The summed E-state index contributed by atoms with van der Waals surface area (Å²) in [5.74, 6) is -1.23. The van der Waals surface area contributed by atoms with Gasteiger partial charge in [0.15, 0.2) is 0 Å². The van der Waals surface area contributed by atoms with E-state index in [2.05, 4.69) is 5.32 Å². The van der Waals surface area contributed by atoms with Crippen molar-refractivity contribution in [3.8, 4) is 5.75 Å². The normalized spacial score (nSPS) is 22.1. The lowest BCUT2D eigenvalue weighted by atomic mass is 9.71. The lowest BCUT2D eigenvalue weighted by Crippen LogP contribution is -2.40. The highest BCUT2D eigenvalue weighted by atomic mass is 16.5. The zero-order chi connectivity index (χ0) is 18.8. The molecule has 1 aromatic carbocycles. The number of esters is 2. The van der Waals surface area contributed by atoms with Crippen LogP contribution in [0.1, 0.15) is 38.2 Å². The van der Waals surface area contributed by atoms with Gasteiger partial charge in [0.05, 0.1) is 18.6 Å². The minimum atomic E-state index is -0.457. The summed E-state index contributed by atoms with van der Waals surface area (Å²) in [6.07, 6.45) is 3.16. The predicted molar refractivity (Wildman–Crippen MR) is 94.2 cm³/mol. The van der Waals surface area contributed by atoms with E-state index >= 15 is 0 Å². The number of nitrogens with one attached hydrogen (secondary N) is 1. The molecule has 0 aromatic heterocycles. The van der Waals surface area contributed by atoms with Gasteiger partial charge < -0.3 is 14.8 Å². The molecule has 26 heavy (non-hydrogen) atoms. The van der Waals surface area contributed by atoms with Crippen LogP contribution in [0.25, 0.3) is 0 Å². The first kappa shape index (κ1) is 17.9. The number of carbonyl (C=O) groups excluding carboxylic acids is 3. The van der Waals surface area contributed by atoms with Gasteiger partial charge in [0.25, 0.3) is 0 Å². The number of hydrogen-bond acceptors (Lipinski definition) is 6. The van der Waals surface area contributed by atoms with E-state index in [4.69, 9.17) is 9.47 Å². The van der Waals surface area contributed by atoms with E-state index in [-0.39, 0.29) is 5.78 Å². The second-order valence-corrected chi connectivity index (χ2v) is 6.44. The Morgan fingerprint density at radius 1 is 1.15 bits per heavy atom. The molecule has 1 aromatic rings. The van der Waals surface area contributed by atoms with E-state index in [0.717, 1.165) is 11.3 Å². The van der Waals surface area contributed by atoms with Crippen molar-refractivity contribution in [3.05, 3.63) is 52.9 Å². The fourth-order valence-electron chi connectivity index (χ4n) is 3.66. The van der Waals surface area contributed by atoms with Gasteiger partial charge in [-0.05, 0) is 31.0 Å². The summed E-state index contributed by atoms with van der Waals surface area (Å²) in [5, 5.41) is 3.20. The quantitative estimate of drug-likeness (QED) is 0.663. The Labute approximate surface area is 151 Å². The summed E-state index contributed by atoms with van der Waals surface area (Å²) < 4.78 is 10.0. The zero-order valence-electron chi connectivity index (χ0n) is 15.0. The van der Waals surface area contributed by atoms with Gasteiger partial charge in [0.1, 0.15) is 11.5 Å². The van der Waals surface area contributed by atoms with Crippen LogP contribution in [0.5, 0.6) is 5.75 Å². The van der Waals surface area contributed by atoms with Gasteiger partial charge in [-0.15, -0.1) is 0 Å². The van der Waals surface area contributed by atoms with Gasteiger partial charge in [-0.2, -0.15) is 0 Å². The minimum Gasteiger partial charge on any atom is -0.466 e. The van der Waals surface area contributed by atoms with Crippen molar-refractivity contribution in [1.29, 1.82) is 0 Å². The molecule has 6 heteroatoms. The standard InChI is InChI=1S/C20H21NO5/c1-11-17(20(24)25-3)18(19-15(21-11)5-4-6-16(19)23)13-7-9-14(10-8-13)26-12(2)22/h5,7-10,18-19,21H,4,6H2,1-3H3. The third kappa shape index (κ3) is 3.27. The van der Waals surface area contributed by atoms with Crippen LogP contribution in [0, 0.1) is 5.92 Å². The maximum atomic E-state index is 12.7. The molecule has 3 rings (SSSR count). The molecule has 1 N–H and O–H groups in total. The highest BCUT2D eigenvalue weighted by Gasteiger charge is 2.43. The van der Waals surface area contributed by atoms with Crippen LogP contribution < -0.4 is 10.1 Å². The van der Waals surface area contributed by atoms with Crippen LogP contribution >= 0.6 is 0 Å². The van der Waals surface area contributed by atoms with Gasteiger partial charge in [-0.25, -0.2) is 4.79 Å². The number of hydrogen-bond donors (Lipinski definition) is 1. The summed E-state index contributed by atoms with van der Waals surface area (Å²) in [7, 11) is 1.33. The van der Waals surface area contributed by atoms with Gasteiger partial charge in [-0.3, -0.25) is 9.59 Å². The molecule has 0 radical (unpaired) electrons. The van der Waals surface area contributed by atoms with E-state index in [1.54, 1.807) is 24.3 Å². The number of ether oxygens (including phenoxy) is 2. The van der Waals surface area contributed by atoms with Crippen molar-refractivity contribution in [3.63, 3.8) is 0 Å². The lowest BCUT2D eigenvalue weighted by molar-refractivity contribution is -0.137. The van der Waals surface area contributed by atoms with E-state index in [1.165, 1.54) is 14.0 Å². The summed E-state index contributed by atoms with van der Waals surface area (Å²) in [5.41, 5.74) is 2.77. The molecular formula is C20H21NO5. The smallest absolute Gasteiger partial charge is 0.336 e. The van der Waals surface area contributed by atoms with Gasteiger partial charge >= 0.3 is 11.9 Å². The molecule has 0 bridgehead atoms. The Bertz CT molecular complexity index is 819. The van der Waals surface area contributed by atoms with Gasteiger partial charge in [0.2, 0.25) is 0 Å². The summed E-state index contributed by atoms with van der Waals surface area (Å²) in [4.78, 5) is 36.2. The first-order valence-corrected chi connectivity index (χ1v) is 8.49. The van der Waals surface area contributed by atoms with Crippen molar-refractivity contribution in [1.82, 2.24) is 5.32 Å². The van der Waals surface area contributed by atoms with Crippen molar-refractivity contribution >= 4 is 17.7 Å². The molecule has 136 valence electrons. The molecule has 0 fully saturated rings. The Balaban J connectivity index is 2.08. The van der Waals surface area contributed by atoms with Crippen molar-refractivity contribution < 1.29 is 23.9 Å². The average Bonchev–Trinajstić information content (AvgIpc) is 2.60. The SMILES string of the molecule is COC(=O)C1=C(C)NC2=CCCC(=O)C2C1c1ccc(OC(C)=O)cc1. The summed E-state index contributed by atoms with van der Waals surface area (Å²) in [6.45, 7) is 3.14. The minimum absolute atomic E-state index is 0.0953. The zero-order valence-corrected chi connectivity index (χ0v) is 15.0. The Morgan fingerprint density at radius 2 is 1.85 bits per heavy atom. The topological polar surface area (TPSA) is 81.7 Å². The fraction of sp³-hybridized carbons (Fsp3) is 0.350. The monoisotopic (exact) mass is 355 g/mol. The second-order valence-electron chi connectivity index (χ2n) is 6.44. The largest absolute Gasteiger partial charge is 0.466 e. The number of methoxy groups -OCH3 is 1. The first-order chi connectivity index (χ1) is 12.4. The van der Waals surface area contributed by atoms with E-state index in [1.807, 2.05) is 13.0 Å². The van der Waals surface area contributed by atoms with Crippen molar-refractivity contribution in [2.75, 3.05) is 7.11 Å². The van der Waals surface area contributed by atoms with E-state index in [9.17, 15) is 14.4 Å². The van der Waals surface area contributed by atoms with Gasteiger partial charge in [-0.1, -0.05) is 18.2 Å². The summed E-state index contributed by atoms with van der Waals surface area (Å²) >= 11 is 0. The number of fused-ring (bicyclic) bond motifs is 1. The highest BCUT2D eigenvalue weighted by Crippen LogP contribution is 2.44. The molecule has 6 nitrogen and oxygen atoms in total.